The van der Waals surface area contributed by atoms with E-state index in [0.717, 1.165) is 12.1 Å². The number of aliphatic hydroxyl groups excluding tert-OH is 1. The minimum absolute atomic E-state index is 0.130. The molecule has 0 aliphatic carbocycles. The predicted molar refractivity (Wildman–Crippen MR) is 94.6 cm³/mol. The maximum absolute atomic E-state index is 12.3. The highest BCUT2D eigenvalue weighted by molar-refractivity contribution is 5.76. The Balaban J connectivity index is 1.58. The zero-order valence-corrected chi connectivity index (χ0v) is 14.0. The first kappa shape index (κ1) is 16.9. The van der Waals surface area contributed by atoms with Crippen molar-refractivity contribution in [2.45, 2.75) is 19.1 Å². The summed E-state index contributed by atoms with van der Waals surface area (Å²) in [4.78, 5) is 12.3. The van der Waals surface area contributed by atoms with Gasteiger partial charge in [-0.1, -0.05) is 60.7 Å². The van der Waals surface area contributed by atoms with Crippen molar-refractivity contribution in [2.75, 3.05) is 6.61 Å². The summed E-state index contributed by atoms with van der Waals surface area (Å²) >= 11 is 0. The summed E-state index contributed by atoms with van der Waals surface area (Å²) in [7, 11) is 0. The molecular formula is C20H22N3O2+. The number of aliphatic hydroxyl groups is 1. The van der Waals surface area contributed by atoms with Gasteiger partial charge in [0.1, 0.15) is 18.9 Å². The number of aromatic nitrogens is 2. The number of carbonyl (C=O) groups is 1. The van der Waals surface area contributed by atoms with Gasteiger partial charge in [0, 0.05) is 0 Å². The van der Waals surface area contributed by atoms with Gasteiger partial charge in [0.25, 0.3) is 5.91 Å². The molecule has 25 heavy (non-hydrogen) atoms. The van der Waals surface area contributed by atoms with Gasteiger partial charge in [-0.15, -0.1) is 0 Å². The molecule has 0 unspecified atom stereocenters. The van der Waals surface area contributed by atoms with Crippen molar-refractivity contribution in [2.24, 2.45) is 0 Å². The Bertz CT molecular complexity index is 800. The summed E-state index contributed by atoms with van der Waals surface area (Å²) in [5.74, 6) is -0.134. The lowest BCUT2D eigenvalue weighted by molar-refractivity contribution is -0.687. The quantitative estimate of drug-likeness (QED) is 0.645. The first-order chi connectivity index (χ1) is 12.2. The van der Waals surface area contributed by atoms with Crippen LogP contribution in [-0.4, -0.2) is 22.2 Å². The van der Waals surface area contributed by atoms with E-state index in [-0.39, 0.29) is 25.1 Å². The van der Waals surface area contributed by atoms with Crippen LogP contribution in [0.1, 0.15) is 17.2 Å². The van der Waals surface area contributed by atoms with Gasteiger partial charge in [-0.25, -0.2) is 9.13 Å². The van der Waals surface area contributed by atoms with E-state index in [0.29, 0.717) is 0 Å². The number of hydrogen-bond donors (Lipinski definition) is 2. The van der Waals surface area contributed by atoms with Crippen LogP contribution in [0.4, 0.5) is 0 Å². The number of carbonyl (C=O) groups excluding carboxylic acids is 1. The van der Waals surface area contributed by atoms with E-state index < -0.39 is 0 Å². The Hall–Kier alpha value is -2.92. The van der Waals surface area contributed by atoms with Crippen LogP contribution in [0, 0.1) is 0 Å². The molecule has 1 heterocycles. The molecule has 1 aromatic heterocycles. The highest BCUT2D eigenvalue weighted by Crippen LogP contribution is 2.11. The fourth-order valence-corrected chi connectivity index (χ4v) is 2.75. The molecular weight excluding hydrogens is 314 g/mol. The smallest absolute Gasteiger partial charge is 0.262 e. The van der Waals surface area contributed by atoms with Crippen LogP contribution in [-0.2, 0) is 17.9 Å². The number of nitrogens with zero attached hydrogens (tertiary/aromatic N) is 2. The minimum atomic E-state index is -0.388. The highest BCUT2D eigenvalue weighted by Gasteiger charge is 2.15. The average Bonchev–Trinajstić information content (AvgIpc) is 3.08. The third-order valence-corrected chi connectivity index (χ3v) is 4.00. The molecule has 0 bridgehead atoms. The van der Waals surface area contributed by atoms with Crippen LogP contribution >= 0.6 is 0 Å². The third-order valence-electron chi connectivity index (χ3n) is 4.00. The van der Waals surface area contributed by atoms with E-state index in [9.17, 15) is 9.90 Å². The maximum atomic E-state index is 12.3. The first-order valence-electron chi connectivity index (χ1n) is 8.28. The Labute approximate surface area is 147 Å². The van der Waals surface area contributed by atoms with Crippen molar-refractivity contribution < 1.29 is 14.5 Å². The predicted octanol–water partition coefficient (Wildman–Crippen LogP) is 1.67. The number of imidazole rings is 1. The molecule has 3 aromatic rings. The molecule has 1 amide bonds. The van der Waals surface area contributed by atoms with Crippen molar-refractivity contribution in [1.82, 2.24) is 9.88 Å². The molecule has 2 aromatic carbocycles. The van der Waals surface area contributed by atoms with Crippen molar-refractivity contribution in [3.05, 3.63) is 90.5 Å². The molecule has 0 fully saturated rings. The second-order valence-electron chi connectivity index (χ2n) is 5.96. The summed E-state index contributed by atoms with van der Waals surface area (Å²) in [6.45, 7) is 0.847. The molecule has 5 nitrogen and oxygen atoms in total. The third kappa shape index (κ3) is 4.78. The van der Waals surface area contributed by atoms with E-state index in [1.165, 1.54) is 5.56 Å². The van der Waals surface area contributed by atoms with E-state index in [1.54, 1.807) is 0 Å². The number of benzene rings is 2. The highest BCUT2D eigenvalue weighted by atomic mass is 16.3. The van der Waals surface area contributed by atoms with Gasteiger partial charge < -0.3 is 10.4 Å². The Morgan fingerprint density at radius 2 is 1.76 bits per heavy atom. The second kappa shape index (κ2) is 8.26. The molecule has 2 N–H and O–H groups in total. The van der Waals surface area contributed by atoms with Gasteiger partial charge in [-0.3, -0.25) is 4.79 Å². The van der Waals surface area contributed by atoms with Crippen molar-refractivity contribution in [3.63, 3.8) is 0 Å². The average molecular weight is 336 g/mol. The normalized spacial score (nSPS) is 11.9. The number of nitrogens with one attached hydrogen (secondary N) is 1. The van der Waals surface area contributed by atoms with Crippen molar-refractivity contribution >= 4 is 5.91 Å². The summed E-state index contributed by atoms with van der Waals surface area (Å²) in [5.41, 5.74) is 2.10. The molecule has 3 rings (SSSR count). The van der Waals surface area contributed by atoms with E-state index in [4.69, 9.17) is 0 Å². The molecule has 128 valence electrons. The van der Waals surface area contributed by atoms with Crippen LogP contribution in [0.25, 0.3) is 0 Å². The van der Waals surface area contributed by atoms with Crippen LogP contribution in [0.5, 0.6) is 0 Å². The Morgan fingerprint density at radius 3 is 2.44 bits per heavy atom. The lowest BCUT2D eigenvalue weighted by atomic mass is 10.1. The summed E-state index contributed by atoms with van der Waals surface area (Å²) in [6.07, 6.45) is 5.73. The zero-order chi connectivity index (χ0) is 17.5. The SMILES string of the molecule is O=C(Cn1cc[n+](Cc2ccccc2)c1)N[C@H](CO)c1ccccc1. The fraction of sp³-hybridized carbons (Fsp3) is 0.200. The first-order valence-corrected chi connectivity index (χ1v) is 8.28. The molecule has 0 saturated carbocycles. The van der Waals surface area contributed by atoms with Crippen LogP contribution in [0.3, 0.4) is 0 Å². The summed E-state index contributed by atoms with van der Waals surface area (Å²) in [6, 6.07) is 19.3. The molecule has 0 aliphatic rings. The fourth-order valence-electron chi connectivity index (χ4n) is 2.75. The molecule has 0 aliphatic heterocycles. The van der Waals surface area contributed by atoms with Crippen LogP contribution < -0.4 is 9.88 Å². The Morgan fingerprint density at radius 1 is 1.08 bits per heavy atom. The maximum Gasteiger partial charge on any atom is 0.262 e. The summed E-state index contributed by atoms with van der Waals surface area (Å²) in [5, 5.41) is 12.4. The van der Waals surface area contributed by atoms with Crippen molar-refractivity contribution in [1.29, 1.82) is 0 Å². The number of amides is 1. The molecule has 0 saturated heterocycles. The van der Waals surface area contributed by atoms with E-state index in [1.807, 2.05) is 76.4 Å². The van der Waals surface area contributed by atoms with Gasteiger partial charge in [0.05, 0.1) is 12.6 Å². The number of rotatable bonds is 7. The molecule has 0 spiro atoms. The van der Waals surface area contributed by atoms with Gasteiger partial charge in [-0.2, -0.15) is 0 Å². The lowest BCUT2D eigenvalue weighted by Crippen LogP contribution is -2.34. The number of hydrogen-bond acceptors (Lipinski definition) is 2. The van der Waals surface area contributed by atoms with E-state index >= 15 is 0 Å². The second-order valence-corrected chi connectivity index (χ2v) is 5.96. The largest absolute Gasteiger partial charge is 0.394 e. The van der Waals surface area contributed by atoms with Crippen LogP contribution in [0.2, 0.25) is 0 Å². The van der Waals surface area contributed by atoms with E-state index in [2.05, 4.69) is 17.4 Å². The van der Waals surface area contributed by atoms with Gasteiger partial charge in [0.2, 0.25) is 6.33 Å². The monoisotopic (exact) mass is 336 g/mol. The van der Waals surface area contributed by atoms with Gasteiger partial charge in [0.15, 0.2) is 6.54 Å². The molecule has 1 atom stereocenters. The lowest BCUT2D eigenvalue weighted by Gasteiger charge is -2.15. The topological polar surface area (TPSA) is 58.1 Å². The van der Waals surface area contributed by atoms with Gasteiger partial charge >= 0.3 is 0 Å². The van der Waals surface area contributed by atoms with Crippen LogP contribution in [0.15, 0.2) is 79.4 Å². The Kier molecular flexibility index (Phi) is 5.59. The van der Waals surface area contributed by atoms with Crippen molar-refractivity contribution in [3.8, 4) is 0 Å². The molecule has 5 heteroatoms. The van der Waals surface area contributed by atoms with Gasteiger partial charge in [-0.05, 0) is 11.1 Å². The standard InChI is InChI=1S/C20H21N3O2/c24-15-19(18-9-5-2-6-10-18)21-20(25)14-23-12-11-22(16-23)13-17-7-3-1-4-8-17/h1-12,16,19,24H,13-15H2/p+1/t19-/m1/s1. The zero-order valence-electron chi connectivity index (χ0n) is 14.0. The summed E-state index contributed by atoms with van der Waals surface area (Å²) < 4.78 is 3.86. The minimum Gasteiger partial charge on any atom is -0.394 e. The molecule has 0 radical (unpaired) electrons.